The zero-order valence-corrected chi connectivity index (χ0v) is 17.4. The van der Waals surface area contributed by atoms with Crippen LogP contribution in [0.2, 0.25) is 0 Å². The first kappa shape index (κ1) is 22.3. The van der Waals surface area contributed by atoms with Crippen LogP contribution in [0, 0.1) is 12.8 Å². The van der Waals surface area contributed by atoms with Crippen molar-refractivity contribution in [1.82, 2.24) is 0 Å². The number of rotatable bonds is 8. The summed E-state index contributed by atoms with van der Waals surface area (Å²) >= 11 is 0. The molecule has 3 atom stereocenters. The largest absolute Gasteiger partial charge is 0.469 e. The molecule has 0 spiro atoms. The van der Waals surface area contributed by atoms with E-state index in [4.69, 9.17) is 14.2 Å². The van der Waals surface area contributed by atoms with Gasteiger partial charge in [-0.25, -0.2) is 4.21 Å². The van der Waals surface area contributed by atoms with Crippen LogP contribution in [-0.2, 0) is 29.8 Å². The minimum Gasteiger partial charge on any atom is -0.469 e. The molecule has 6 heteroatoms. The molecule has 1 aromatic carbocycles. The van der Waals surface area contributed by atoms with Crippen LogP contribution >= 0.6 is 0 Å². The third-order valence-corrected chi connectivity index (χ3v) is 5.56. The summed E-state index contributed by atoms with van der Waals surface area (Å²) in [5.41, 5.74) is 2.01. The van der Waals surface area contributed by atoms with Gasteiger partial charge in [-0.15, -0.1) is 0 Å². The molecular formula is C22H28O5S. The number of allylic oxidation sites excluding steroid dienone is 2. The highest BCUT2D eigenvalue weighted by molar-refractivity contribution is 7.88. The lowest BCUT2D eigenvalue weighted by Crippen LogP contribution is -2.19. The molecule has 0 bridgehead atoms. The van der Waals surface area contributed by atoms with Gasteiger partial charge in [0.2, 0.25) is 0 Å². The maximum absolute atomic E-state index is 12.6. The van der Waals surface area contributed by atoms with E-state index in [9.17, 15) is 9.00 Å². The van der Waals surface area contributed by atoms with Crippen molar-refractivity contribution >= 4 is 16.8 Å². The molecule has 0 heterocycles. The average molecular weight is 405 g/mol. The van der Waals surface area contributed by atoms with E-state index in [-0.39, 0.29) is 31.2 Å². The molecule has 28 heavy (non-hydrogen) atoms. The predicted octanol–water partition coefficient (Wildman–Crippen LogP) is 4.06. The van der Waals surface area contributed by atoms with Gasteiger partial charge in [0, 0.05) is 17.4 Å². The molecule has 0 fully saturated rings. The minimum atomic E-state index is -1.27. The summed E-state index contributed by atoms with van der Waals surface area (Å²) in [4.78, 5) is 12.5. The van der Waals surface area contributed by atoms with Crippen molar-refractivity contribution in [3.8, 4) is 0 Å². The van der Waals surface area contributed by atoms with Gasteiger partial charge in [0.05, 0.1) is 30.4 Å². The Kier molecular flexibility index (Phi) is 9.34. The van der Waals surface area contributed by atoms with Crippen molar-refractivity contribution in [2.75, 3.05) is 21.0 Å². The van der Waals surface area contributed by atoms with Crippen LogP contribution in [-0.4, -0.2) is 37.3 Å². The van der Waals surface area contributed by atoms with Gasteiger partial charge in [-0.1, -0.05) is 35.9 Å². The number of carbonyl (C=O) groups is 1. The Hall–Kier alpha value is -2.02. The number of hydrogen-bond donors (Lipinski definition) is 0. The molecule has 0 radical (unpaired) electrons. The second-order valence-corrected chi connectivity index (χ2v) is 7.96. The first-order valence-electron chi connectivity index (χ1n) is 9.23. The van der Waals surface area contributed by atoms with Crippen LogP contribution in [0.5, 0.6) is 0 Å². The zero-order valence-electron chi connectivity index (χ0n) is 16.6. The average Bonchev–Trinajstić information content (AvgIpc) is 2.68. The lowest BCUT2D eigenvalue weighted by atomic mass is 9.92. The summed E-state index contributed by atoms with van der Waals surface area (Å²) in [6, 6.07) is 7.61. The molecule has 0 saturated heterocycles. The fourth-order valence-electron chi connectivity index (χ4n) is 2.88. The fraction of sp³-hybridized carbons (Fsp3) is 0.409. The SMILES string of the molecule is COCO[C@H]1C/C=C\C[C@H](CC(=O)OC)/C=C1/C=C\S(=O)c1ccc(C)cc1. The Labute approximate surface area is 169 Å². The Morgan fingerprint density at radius 1 is 1.18 bits per heavy atom. The Balaban J connectivity index is 2.24. The molecule has 2 rings (SSSR count). The molecule has 1 aromatic rings. The molecule has 152 valence electrons. The quantitative estimate of drug-likeness (QED) is 0.371. The molecule has 0 saturated carbocycles. The van der Waals surface area contributed by atoms with E-state index in [1.54, 1.807) is 12.5 Å². The Morgan fingerprint density at radius 2 is 1.89 bits per heavy atom. The maximum Gasteiger partial charge on any atom is 0.306 e. The number of esters is 1. The van der Waals surface area contributed by atoms with Gasteiger partial charge in [0.15, 0.2) is 0 Å². The normalized spacial score (nSPS) is 24.0. The van der Waals surface area contributed by atoms with Crippen molar-refractivity contribution in [2.45, 2.75) is 37.2 Å². The summed E-state index contributed by atoms with van der Waals surface area (Å²) in [5.74, 6) is -0.263. The van der Waals surface area contributed by atoms with Crippen molar-refractivity contribution in [3.63, 3.8) is 0 Å². The monoisotopic (exact) mass is 404 g/mol. The predicted molar refractivity (Wildman–Crippen MR) is 110 cm³/mol. The molecule has 1 unspecified atom stereocenters. The summed E-state index contributed by atoms with van der Waals surface area (Å²) in [7, 11) is 1.70. The van der Waals surface area contributed by atoms with Crippen LogP contribution < -0.4 is 0 Å². The number of hydrogen-bond acceptors (Lipinski definition) is 5. The van der Waals surface area contributed by atoms with Crippen LogP contribution in [0.1, 0.15) is 24.8 Å². The van der Waals surface area contributed by atoms with Gasteiger partial charge in [-0.3, -0.25) is 4.79 Å². The molecule has 0 aliphatic heterocycles. The zero-order chi connectivity index (χ0) is 20.4. The lowest BCUT2D eigenvalue weighted by Gasteiger charge is -2.21. The van der Waals surface area contributed by atoms with E-state index < -0.39 is 10.8 Å². The molecular weight excluding hydrogens is 376 g/mol. The summed E-state index contributed by atoms with van der Waals surface area (Å²) in [6.45, 7) is 2.15. The lowest BCUT2D eigenvalue weighted by molar-refractivity contribution is -0.141. The van der Waals surface area contributed by atoms with Crippen LogP contribution in [0.3, 0.4) is 0 Å². The van der Waals surface area contributed by atoms with Crippen molar-refractivity contribution < 1.29 is 23.2 Å². The van der Waals surface area contributed by atoms with E-state index in [1.807, 2.05) is 49.4 Å². The topological polar surface area (TPSA) is 61.8 Å². The summed E-state index contributed by atoms with van der Waals surface area (Å²) < 4.78 is 28.3. The number of carbonyl (C=O) groups excluding carboxylic acids is 1. The van der Waals surface area contributed by atoms with E-state index in [1.165, 1.54) is 7.11 Å². The van der Waals surface area contributed by atoms with Crippen LogP contribution in [0.4, 0.5) is 0 Å². The first-order chi connectivity index (χ1) is 13.5. The molecule has 1 aliphatic carbocycles. The number of benzene rings is 1. The first-order valence-corrected chi connectivity index (χ1v) is 10.4. The van der Waals surface area contributed by atoms with Gasteiger partial charge in [-0.05, 0) is 49.5 Å². The van der Waals surface area contributed by atoms with Crippen LogP contribution in [0.25, 0.3) is 0 Å². The Bertz CT molecular complexity index is 749. The van der Waals surface area contributed by atoms with Gasteiger partial charge in [-0.2, -0.15) is 0 Å². The maximum atomic E-state index is 12.6. The van der Waals surface area contributed by atoms with E-state index in [0.717, 1.165) is 22.5 Å². The van der Waals surface area contributed by atoms with Crippen LogP contribution in [0.15, 0.2) is 64.4 Å². The van der Waals surface area contributed by atoms with E-state index in [2.05, 4.69) is 6.08 Å². The smallest absolute Gasteiger partial charge is 0.306 e. The van der Waals surface area contributed by atoms with Gasteiger partial charge in [0.25, 0.3) is 0 Å². The van der Waals surface area contributed by atoms with Gasteiger partial charge >= 0.3 is 5.97 Å². The van der Waals surface area contributed by atoms with Crippen molar-refractivity contribution in [1.29, 1.82) is 0 Å². The number of ether oxygens (including phenoxy) is 3. The van der Waals surface area contributed by atoms with Crippen molar-refractivity contribution in [2.24, 2.45) is 5.92 Å². The molecule has 0 N–H and O–H groups in total. The van der Waals surface area contributed by atoms with E-state index >= 15 is 0 Å². The van der Waals surface area contributed by atoms with Gasteiger partial charge < -0.3 is 14.2 Å². The van der Waals surface area contributed by atoms with Gasteiger partial charge in [0.1, 0.15) is 6.79 Å². The third kappa shape index (κ3) is 7.19. The second-order valence-electron chi connectivity index (χ2n) is 6.62. The highest BCUT2D eigenvalue weighted by Crippen LogP contribution is 2.24. The van der Waals surface area contributed by atoms with Crippen molar-refractivity contribution in [3.05, 3.63) is 65.1 Å². The summed E-state index contributed by atoms with van der Waals surface area (Å²) in [5, 5.41) is 1.67. The molecule has 0 amide bonds. The standard InChI is InChI=1S/C22H28O5S/c1-17-8-10-20(11-9-17)28(24)13-12-19-14-18(15-22(23)26-3)6-4-5-7-21(19)27-16-25-2/h4-5,8-14,18,21H,6-7,15-16H2,1-3H3/b5-4-,13-12-,19-14-/t18-,21-,28?/m0/s1. The minimum absolute atomic E-state index is 0.00916. The fourth-order valence-corrected chi connectivity index (χ4v) is 3.72. The Morgan fingerprint density at radius 3 is 2.57 bits per heavy atom. The number of aryl methyl sites for hydroxylation is 1. The van der Waals surface area contributed by atoms with E-state index in [0.29, 0.717) is 6.42 Å². The highest BCUT2D eigenvalue weighted by Gasteiger charge is 2.19. The molecule has 0 aromatic heterocycles. The molecule has 5 nitrogen and oxygen atoms in total. The molecule has 1 aliphatic rings. The number of methoxy groups -OCH3 is 2. The second kappa shape index (κ2) is 11.7. The highest BCUT2D eigenvalue weighted by atomic mass is 32.2. The summed E-state index contributed by atoms with van der Waals surface area (Å²) in [6.07, 6.45) is 9.43. The third-order valence-electron chi connectivity index (χ3n) is 4.44.